The molecule has 1 atom stereocenters. The van der Waals surface area contributed by atoms with Crippen LogP contribution < -0.4 is 0 Å². The topological polar surface area (TPSA) is 17.1 Å². The molecule has 0 aliphatic rings. The number of carbonyl (C=O) groups excluding carboxylic acids is 1. The maximum atomic E-state index is 12.4. The van der Waals surface area contributed by atoms with Crippen molar-refractivity contribution < 1.29 is 9.18 Å². The molecule has 0 aliphatic heterocycles. The predicted octanol–water partition coefficient (Wildman–Crippen LogP) is 1.77. The quantitative estimate of drug-likeness (QED) is 0.603. The highest BCUT2D eigenvalue weighted by atomic mass is 19.1. The molecule has 0 aromatic heterocycles. The Balaban J connectivity index is 2.57. The first kappa shape index (κ1) is 7.92. The Labute approximate surface area is 64.9 Å². The van der Waals surface area contributed by atoms with Gasteiger partial charge in [0.1, 0.15) is 0 Å². The number of hydrogen-bond acceptors (Lipinski definition) is 1. The van der Waals surface area contributed by atoms with Crippen molar-refractivity contribution in [3.63, 3.8) is 0 Å². The van der Waals surface area contributed by atoms with Crippen LogP contribution in [0.1, 0.15) is 5.56 Å². The molecule has 58 valence electrons. The predicted molar refractivity (Wildman–Crippen MR) is 41.1 cm³/mol. The van der Waals surface area contributed by atoms with Gasteiger partial charge in [-0.25, -0.2) is 4.39 Å². The van der Waals surface area contributed by atoms with Crippen molar-refractivity contribution in [1.29, 1.82) is 0 Å². The Morgan fingerprint density at radius 1 is 1.36 bits per heavy atom. The Bertz CT molecular complexity index is 220. The summed E-state index contributed by atoms with van der Waals surface area (Å²) in [6.07, 6.45) is -0.852. The monoisotopic (exact) mass is 152 g/mol. The maximum absolute atomic E-state index is 12.4. The van der Waals surface area contributed by atoms with E-state index in [-0.39, 0.29) is 6.42 Å². The highest BCUT2D eigenvalue weighted by molar-refractivity contribution is 5.56. The van der Waals surface area contributed by atoms with E-state index in [1.54, 1.807) is 12.1 Å². The summed E-state index contributed by atoms with van der Waals surface area (Å²) in [7, 11) is 0. The molecule has 0 heterocycles. The molecule has 0 bridgehead atoms. The zero-order valence-corrected chi connectivity index (χ0v) is 6.03. The summed E-state index contributed by atoms with van der Waals surface area (Å²) in [5.41, 5.74) is 0.854. The van der Waals surface area contributed by atoms with Crippen molar-refractivity contribution in [2.45, 2.75) is 12.6 Å². The zero-order chi connectivity index (χ0) is 8.10. The van der Waals surface area contributed by atoms with Gasteiger partial charge in [-0.3, -0.25) is 0 Å². The van der Waals surface area contributed by atoms with Gasteiger partial charge >= 0.3 is 0 Å². The van der Waals surface area contributed by atoms with E-state index in [0.717, 1.165) is 5.56 Å². The van der Waals surface area contributed by atoms with Crippen molar-refractivity contribution in [2.75, 3.05) is 0 Å². The lowest BCUT2D eigenvalue weighted by molar-refractivity contribution is -0.111. The average Bonchev–Trinajstić information content (AvgIpc) is 2.06. The Morgan fingerprint density at radius 3 is 2.55 bits per heavy atom. The van der Waals surface area contributed by atoms with Gasteiger partial charge in [0.2, 0.25) is 0 Å². The lowest BCUT2D eigenvalue weighted by Gasteiger charge is -1.98. The number of hydrogen-bond donors (Lipinski definition) is 0. The van der Waals surface area contributed by atoms with Gasteiger partial charge in [-0.1, -0.05) is 30.3 Å². The van der Waals surface area contributed by atoms with Crippen LogP contribution in [0.4, 0.5) is 4.39 Å². The summed E-state index contributed by atoms with van der Waals surface area (Å²) in [4.78, 5) is 9.93. The van der Waals surface area contributed by atoms with E-state index >= 15 is 0 Å². The lowest BCUT2D eigenvalue weighted by atomic mass is 10.1. The van der Waals surface area contributed by atoms with Crippen molar-refractivity contribution in [1.82, 2.24) is 0 Å². The zero-order valence-electron chi connectivity index (χ0n) is 6.03. The molecule has 1 unspecified atom stereocenters. The van der Waals surface area contributed by atoms with Gasteiger partial charge in [-0.2, -0.15) is 0 Å². The molecule has 1 aromatic carbocycles. The second-order valence-electron chi connectivity index (χ2n) is 2.34. The van der Waals surface area contributed by atoms with Gasteiger partial charge in [-0.15, -0.1) is 0 Å². The Kier molecular flexibility index (Phi) is 2.78. The first-order valence-corrected chi connectivity index (χ1v) is 3.46. The first-order chi connectivity index (χ1) is 5.33. The summed E-state index contributed by atoms with van der Waals surface area (Å²) in [6, 6.07) is 9.11. The van der Waals surface area contributed by atoms with Crippen LogP contribution in [0, 0.1) is 0 Å². The summed E-state index contributed by atoms with van der Waals surface area (Å²) in [6.45, 7) is 0. The lowest BCUT2D eigenvalue weighted by Crippen LogP contribution is -2.04. The minimum atomic E-state index is -1.36. The minimum absolute atomic E-state index is 0.185. The summed E-state index contributed by atoms with van der Waals surface area (Å²) >= 11 is 0. The van der Waals surface area contributed by atoms with Gasteiger partial charge in [0, 0.05) is 6.42 Å². The van der Waals surface area contributed by atoms with Crippen LogP contribution in [0.25, 0.3) is 0 Å². The van der Waals surface area contributed by atoms with Crippen LogP contribution in [0.2, 0.25) is 0 Å². The molecule has 0 amide bonds. The molecule has 11 heavy (non-hydrogen) atoms. The van der Waals surface area contributed by atoms with E-state index in [1.165, 1.54) is 0 Å². The van der Waals surface area contributed by atoms with Crippen LogP contribution in [-0.4, -0.2) is 12.5 Å². The van der Waals surface area contributed by atoms with Crippen LogP contribution in [0.15, 0.2) is 30.3 Å². The summed E-state index contributed by atoms with van der Waals surface area (Å²) in [5.74, 6) is 0. The van der Waals surface area contributed by atoms with Gasteiger partial charge in [0.05, 0.1) is 0 Å². The molecular weight excluding hydrogens is 143 g/mol. The van der Waals surface area contributed by atoms with Gasteiger partial charge < -0.3 is 4.79 Å². The molecule has 1 aromatic rings. The molecule has 0 fully saturated rings. The number of carbonyl (C=O) groups is 1. The number of rotatable bonds is 3. The Morgan fingerprint density at radius 2 is 2.00 bits per heavy atom. The maximum Gasteiger partial charge on any atom is 0.159 e. The summed E-state index contributed by atoms with van der Waals surface area (Å²) in [5, 5.41) is 0. The largest absolute Gasteiger partial charge is 0.300 e. The molecule has 0 saturated heterocycles. The smallest absolute Gasteiger partial charge is 0.159 e. The molecule has 1 nitrogen and oxygen atoms in total. The molecule has 0 N–H and O–H groups in total. The first-order valence-electron chi connectivity index (χ1n) is 3.46. The highest BCUT2D eigenvalue weighted by Gasteiger charge is 2.03. The van der Waals surface area contributed by atoms with Crippen LogP contribution in [0.3, 0.4) is 0 Å². The third-order valence-corrected chi connectivity index (χ3v) is 1.42. The van der Waals surface area contributed by atoms with E-state index in [1.807, 2.05) is 18.2 Å². The second kappa shape index (κ2) is 3.86. The number of alkyl halides is 1. The average molecular weight is 152 g/mol. The van der Waals surface area contributed by atoms with E-state index in [9.17, 15) is 9.18 Å². The fraction of sp³-hybridized carbons (Fsp3) is 0.222. The normalized spacial score (nSPS) is 12.5. The molecule has 0 aliphatic carbocycles. The number of halogens is 1. The van der Waals surface area contributed by atoms with Crippen molar-refractivity contribution >= 4 is 6.29 Å². The highest BCUT2D eigenvalue weighted by Crippen LogP contribution is 2.03. The Hall–Kier alpha value is -1.18. The minimum Gasteiger partial charge on any atom is -0.300 e. The second-order valence-corrected chi connectivity index (χ2v) is 2.34. The summed E-state index contributed by atoms with van der Waals surface area (Å²) < 4.78 is 12.4. The molecule has 0 radical (unpaired) electrons. The third-order valence-electron chi connectivity index (χ3n) is 1.42. The van der Waals surface area contributed by atoms with Crippen molar-refractivity contribution in [3.8, 4) is 0 Å². The SMILES string of the molecule is O=CC(F)Cc1ccccc1. The van der Waals surface area contributed by atoms with Gasteiger partial charge in [0.25, 0.3) is 0 Å². The van der Waals surface area contributed by atoms with E-state index < -0.39 is 6.17 Å². The fourth-order valence-corrected chi connectivity index (χ4v) is 0.887. The standard InChI is InChI=1S/C9H9FO/c10-9(7-11)6-8-4-2-1-3-5-8/h1-5,7,9H,6H2. The van der Waals surface area contributed by atoms with Crippen molar-refractivity contribution in [3.05, 3.63) is 35.9 Å². The van der Waals surface area contributed by atoms with Gasteiger partial charge in [0.15, 0.2) is 12.5 Å². The van der Waals surface area contributed by atoms with Crippen LogP contribution in [0.5, 0.6) is 0 Å². The molecule has 2 heteroatoms. The van der Waals surface area contributed by atoms with Crippen molar-refractivity contribution in [2.24, 2.45) is 0 Å². The van der Waals surface area contributed by atoms with E-state index in [2.05, 4.69) is 0 Å². The fourth-order valence-electron chi connectivity index (χ4n) is 0.887. The van der Waals surface area contributed by atoms with Gasteiger partial charge in [-0.05, 0) is 5.56 Å². The van der Waals surface area contributed by atoms with E-state index in [0.29, 0.717) is 6.29 Å². The van der Waals surface area contributed by atoms with Crippen LogP contribution in [-0.2, 0) is 11.2 Å². The molecule has 0 saturated carbocycles. The van der Waals surface area contributed by atoms with E-state index in [4.69, 9.17) is 0 Å². The molecule has 0 spiro atoms. The van der Waals surface area contributed by atoms with Crippen LogP contribution >= 0.6 is 0 Å². The third kappa shape index (κ3) is 2.50. The molecule has 1 rings (SSSR count). The number of benzene rings is 1. The number of aldehydes is 1. The molecular formula is C9H9FO.